The molecule has 0 radical (unpaired) electrons. The fraction of sp³-hybridized carbons (Fsp3) is 0.217. The minimum absolute atomic E-state index is 0.0341. The molecule has 1 saturated carbocycles. The van der Waals surface area contributed by atoms with Crippen LogP contribution in [-0.2, 0) is 4.79 Å². The standard InChI is InChI=1S/C23H22Cl2N6O3/c1-4-19(32)30-15-8-14(15)29-18-9-13(27-11-28-18)12-6-5-7-26-23(12)31-22-20(24)16(33-2)10-17(34-3)21(22)25/h4-7,9-11,14-15H,1,8H2,2-3H3,(H,26,31)(H,30,32)(H,27,28,29). The van der Waals surface area contributed by atoms with Gasteiger partial charge in [0.1, 0.15) is 39.5 Å². The van der Waals surface area contributed by atoms with Gasteiger partial charge in [0.2, 0.25) is 5.91 Å². The smallest absolute Gasteiger partial charge is 0.243 e. The number of ether oxygens (including phenoxy) is 2. The van der Waals surface area contributed by atoms with Gasteiger partial charge in [-0.2, -0.15) is 0 Å². The van der Waals surface area contributed by atoms with Crippen molar-refractivity contribution in [2.24, 2.45) is 0 Å². The summed E-state index contributed by atoms with van der Waals surface area (Å²) in [6.45, 7) is 3.47. The number of hydrogen-bond donors (Lipinski definition) is 3. The summed E-state index contributed by atoms with van der Waals surface area (Å²) in [5.41, 5.74) is 1.72. The number of benzene rings is 1. The Morgan fingerprint density at radius 3 is 2.53 bits per heavy atom. The molecule has 0 saturated heterocycles. The van der Waals surface area contributed by atoms with Gasteiger partial charge in [-0.1, -0.05) is 29.8 Å². The van der Waals surface area contributed by atoms with E-state index in [0.717, 1.165) is 6.42 Å². The fourth-order valence-electron chi connectivity index (χ4n) is 3.35. The van der Waals surface area contributed by atoms with E-state index in [0.29, 0.717) is 40.1 Å². The van der Waals surface area contributed by atoms with E-state index in [9.17, 15) is 4.79 Å². The van der Waals surface area contributed by atoms with Gasteiger partial charge in [-0.3, -0.25) is 4.79 Å². The van der Waals surface area contributed by atoms with Crippen molar-refractivity contribution in [2.45, 2.75) is 18.5 Å². The van der Waals surface area contributed by atoms with Crippen molar-refractivity contribution in [2.75, 3.05) is 24.9 Å². The van der Waals surface area contributed by atoms with E-state index in [-0.39, 0.29) is 28.0 Å². The number of halogens is 2. The second-order valence-electron chi connectivity index (χ2n) is 7.40. The molecule has 0 bridgehead atoms. The van der Waals surface area contributed by atoms with Crippen LogP contribution in [0.5, 0.6) is 11.5 Å². The van der Waals surface area contributed by atoms with E-state index in [2.05, 4.69) is 37.5 Å². The molecule has 1 fully saturated rings. The lowest BCUT2D eigenvalue weighted by atomic mass is 10.1. The van der Waals surface area contributed by atoms with E-state index in [1.54, 1.807) is 18.3 Å². The van der Waals surface area contributed by atoms with Gasteiger partial charge in [-0.05, 0) is 24.6 Å². The van der Waals surface area contributed by atoms with E-state index < -0.39 is 0 Å². The summed E-state index contributed by atoms with van der Waals surface area (Å²) < 4.78 is 10.7. The van der Waals surface area contributed by atoms with Gasteiger partial charge in [-0.15, -0.1) is 0 Å². The minimum atomic E-state index is -0.199. The lowest BCUT2D eigenvalue weighted by Crippen LogP contribution is -2.27. The Hall–Kier alpha value is -3.56. The van der Waals surface area contributed by atoms with Crippen LogP contribution in [0, 0.1) is 0 Å². The molecule has 0 aliphatic heterocycles. The number of rotatable bonds is 9. The summed E-state index contributed by atoms with van der Waals surface area (Å²) in [7, 11) is 3.01. The molecular weight excluding hydrogens is 479 g/mol. The van der Waals surface area contributed by atoms with Crippen LogP contribution < -0.4 is 25.4 Å². The number of methoxy groups -OCH3 is 2. The molecule has 1 aliphatic carbocycles. The van der Waals surface area contributed by atoms with E-state index in [1.807, 2.05) is 12.1 Å². The van der Waals surface area contributed by atoms with Crippen molar-refractivity contribution in [1.29, 1.82) is 0 Å². The Kier molecular flexibility index (Phi) is 7.04. The molecule has 3 aromatic rings. The summed E-state index contributed by atoms with van der Waals surface area (Å²) in [6.07, 6.45) is 5.16. The first kappa shape index (κ1) is 23.6. The maximum absolute atomic E-state index is 11.5. The van der Waals surface area contributed by atoms with Crippen LogP contribution in [0.25, 0.3) is 11.3 Å². The lowest BCUT2D eigenvalue weighted by Gasteiger charge is -2.17. The first-order valence-electron chi connectivity index (χ1n) is 10.3. The highest BCUT2D eigenvalue weighted by Crippen LogP contribution is 2.45. The molecule has 9 nitrogen and oxygen atoms in total. The molecule has 34 heavy (non-hydrogen) atoms. The van der Waals surface area contributed by atoms with Crippen molar-refractivity contribution in [3.8, 4) is 22.8 Å². The Morgan fingerprint density at radius 1 is 1.12 bits per heavy atom. The Bertz CT molecular complexity index is 1210. The summed E-state index contributed by atoms with van der Waals surface area (Å²) in [4.78, 5) is 24.6. The van der Waals surface area contributed by atoms with Crippen LogP contribution in [0.15, 0.2) is 49.4 Å². The average molecular weight is 501 g/mol. The quantitative estimate of drug-likeness (QED) is 0.369. The normalized spacial score (nSPS) is 16.4. The summed E-state index contributed by atoms with van der Waals surface area (Å²) in [5.74, 6) is 1.71. The first-order chi connectivity index (χ1) is 16.4. The second-order valence-corrected chi connectivity index (χ2v) is 8.16. The van der Waals surface area contributed by atoms with Gasteiger partial charge in [0.05, 0.1) is 31.6 Å². The number of carbonyl (C=O) groups excluding carboxylic acids is 1. The predicted octanol–water partition coefficient (Wildman–Crippen LogP) is 4.46. The highest BCUT2D eigenvalue weighted by molar-refractivity contribution is 6.41. The van der Waals surface area contributed by atoms with Gasteiger partial charge >= 0.3 is 0 Å². The highest BCUT2D eigenvalue weighted by atomic mass is 35.5. The number of pyridine rings is 1. The molecule has 2 unspecified atom stereocenters. The van der Waals surface area contributed by atoms with Crippen LogP contribution in [0.4, 0.5) is 17.3 Å². The molecule has 2 heterocycles. The topological polar surface area (TPSA) is 110 Å². The molecule has 1 aromatic carbocycles. The molecule has 4 rings (SSSR count). The van der Waals surface area contributed by atoms with Crippen LogP contribution in [-0.4, -0.2) is 47.2 Å². The highest BCUT2D eigenvalue weighted by Gasteiger charge is 2.38. The van der Waals surface area contributed by atoms with Crippen LogP contribution in [0.2, 0.25) is 10.0 Å². The van der Waals surface area contributed by atoms with Crippen molar-refractivity contribution < 1.29 is 14.3 Å². The Labute approximate surface area is 206 Å². The fourth-order valence-corrected chi connectivity index (χ4v) is 3.95. The number of hydrogen-bond acceptors (Lipinski definition) is 8. The molecule has 2 aromatic heterocycles. The zero-order valence-electron chi connectivity index (χ0n) is 18.4. The third-order valence-corrected chi connectivity index (χ3v) is 5.96. The number of nitrogens with one attached hydrogen (secondary N) is 3. The van der Waals surface area contributed by atoms with Crippen LogP contribution in [0.3, 0.4) is 0 Å². The van der Waals surface area contributed by atoms with E-state index >= 15 is 0 Å². The third-order valence-electron chi connectivity index (χ3n) is 5.20. The zero-order chi connectivity index (χ0) is 24.2. The molecule has 1 amide bonds. The second kappa shape index (κ2) is 10.1. The van der Waals surface area contributed by atoms with Gasteiger partial charge in [-0.25, -0.2) is 15.0 Å². The van der Waals surface area contributed by atoms with Gasteiger partial charge in [0.25, 0.3) is 0 Å². The summed E-state index contributed by atoms with van der Waals surface area (Å²) in [5, 5.41) is 9.93. The maximum atomic E-state index is 11.5. The van der Waals surface area contributed by atoms with Gasteiger partial charge in [0, 0.05) is 29.9 Å². The molecule has 1 aliphatic rings. The lowest BCUT2D eigenvalue weighted by molar-refractivity contribution is -0.116. The molecule has 3 N–H and O–H groups in total. The van der Waals surface area contributed by atoms with Crippen LogP contribution in [0.1, 0.15) is 6.42 Å². The Balaban J connectivity index is 1.60. The monoisotopic (exact) mass is 500 g/mol. The molecule has 0 spiro atoms. The number of nitrogens with zero attached hydrogens (tertiary/aromatic N) is 3. The minimum Gasteiger partial charge on any atom is -0.495 e. The van der Waals surface area contributed by atoms with Crippen molar-refractivity contribution in [3.05, 3.63) is 59.5 Å². The molecular formula is C23H22Cl2N6O3. The number of aromatic nitrogens is 3. The average Bonchev–Trinajstić information content (AvgIpc) is 3.58. The van der Waals surface area contributed by atoms with E-state index in [4.69, 9.17) is 32.7 Å². The van der Waals surface area contributed by atoms with Crippen LogP contribution >= 0.6 is 23.2 Å². The van der Waals surface area contributed by atoms with Crippen molar-refractivity contribution in [1.82, 2.24) is 20.3 Å². The van der Waals surface area contributed by atoms with E-state index in [1.165, 1.54) is 26.6 Å². The summed E-state index contributed by atoms with van der Waals surface area (Å²) >= 11 is 13.0. The summed E-state index contributed by atoms with van der Waals surface area (Å²) in [6, 6.07) is 7.20. The predicted molar refractivity (Wildman–Crippen MR) is 132 cm³/mol. The van der Waals surface area contributed by atoms with Gasteiger partial charge in [0.15, 0.2) is 0 Å². The number of amides is 1. The molecule has 176 valence electrons. The third kappa shape index (κ3) is 5.00. The van der Waals surface area contributed by atoms with Crippen molar-refractivity contribution >= 4 is 46.4 Å². The first-order valence-corrected chi connectivity index (χ1v) is 11.0. The molecule has 11 heteroatoms. The number of carbonyl (C=O) groups is 1. The Morgan fingerprint density at radius 2 is 1.85 bits per heavy atom. The zero-order valence-corrected chi connectivity index (χ0v) is 19.9. The largest absolute Gasteiger partial charge is 0.495 e. The maximum Gasteiger partial charge on any atom is 0.243 e. The van der Waals surface area contributed by atoms with Crippen molar-refractivity contribution in [3.63, 3.8) is 0 Å². The number of anilines is 3. The SMILES string of the molecule is C=CC(=O)NC1CC1Nc1cc(-c2cccnc2Nc2c(Cl)c(OC)cc(OC)c2Cl)ncn1. The molecule has 2 atom stereocenters. The van der Waals surface area contributed by atoms with Gasteiger partial charge < -0.3 is 25.4 Å².